The Kier molecular flexibility index (Phi) is 3.44. The Bertz CT molecular complexity index is 284. The number of nitrogens with two attached hydrogens (primary N) is 1. The second kappa shape index (κ2) is 4.81. The van der Waals surface area contributed by atoms with Crippen LogP contribution in [0, 0.1) is 5.92 Å². The zero-order chi connectivity index (χ0) is 10.7. The second-order valence-corrected chi connectivity index (χ2v) is 4.54. The normalized spacial score (nSPS) is 28.1. The van der Waals surface area contributed by atoms with Crippen molar-refractivity contribution in [2.75, 3.05) is 13.1 Å². The van der Waals surface area contributed by atoms with Crippen LogP contribution in [0.5, 0.6) is 0 Å². The Morgan fingerprint density at radius 1 is 1.53 bits per heavy atom. The third kappa shape index (κ3) is 2.61. The summed E-state index contributed by atoms with van der Waals surface area (Å²) in [6.45, 7) is 5.13. The number of hydrogen-bond donors (Lipinski definition) is 1. The molecule has 84 valence electrons. The fourth-order valence-corrected chi connectivity index (χ4v) is 2.28. The molecule has 1 saturated heterocycles. The van der Waals surface area contributed by atoms with Crippen molar-refractivity contribution in [3.63, 3.8) is 0 Å². The predicted octanol–water partition coefficient (Wildman–Crippen LogP) is 1.84. The van der Waals surface area contributed by atoms with E-state index in [1.165, 1.54) is 12.8 Å². The first-order valence-corrected chi connectivity index (χ1v) is 5.76. The number of piperidine rings is 1. The monoisotopic (exact) mass is 208 g/mol. The zero-order valence-corrected chi connectivity index (χ0v) is 9.36. The van der Waals surface area contributed by atoms with Crippen molar-refractivity contribution in [3.05, 3.63) is 24.2 Å². The fraction of sp³-hybridized carbons (Fsp3) is 0.667. The molecule has 2 unspecified atom stereocenters. The minimum atomic E-state index is 0.651. The van der Waals surface area contributed by atoms with E-state index in [1.54, 1.807) is 6.26 Å². The van der Waals surface area contributed by atoms with Crippen molar-refractivity contribution in [1.29, 1.82) is 0 Å². The average molecular weight is 208 g/mol. The molecule has 1 aliphatic heterocycles. The van der Waals surface area contributed by atoms with Gasteiger partial charge in [0.2, 0.25) is 0 Å². The molecule has 15 heavy (non-hydrogen) atoms. The highest BCUT2D eigenvalue weighted by Crippen LogP contribution is 2.22. The summed E-state index contributed by atoms with van der Waals surface area (Å²) in [6.07, 6.45) is 4.26. The summed E-state index contributed by atoms with van der Waals surface area (Å²) in [5.74, 6) is 1.72. The molecular formula is C12H20N2O. The van der Waals surface area contributed by atoms with Crippen molar-refractivity contribution in [2.45, 2.75) is 32.4 Å². The molecule has 2 rings (SSSR count). The molecule has 0 saturated carbocycles. The van der Waals surface area contributed by atoms with E-state index in [0.29, 0.717) is 12.0 Å². The first-order chi connectivity index (χ1) is 7.29. The third-order valence-electron chi connectivity index (χ3n) is 3.38. The van der Waals surface area contributed by atoms with Gasteiger partial charge in [-0.1, -0.05) is 0 Å². The van der Waals surface area contributed by atoms with Crippen LogP contribution in [-0.2, 0) is 6.54 Å². The number of hydrogen-bond acceptors (Lipinski definition) is 3. The van der Waals surface area contributed by atoms with Gasteiger partial charge in [0.05, 0.1) is 12.8 Å². The molecule has 0 radical (unpaired) electrons. The lowest BCUT2D eigenvalue weighted by Gasteiger charge is -2.37. The average Bonchev–Trinajstić information content (AvgIpc) is 2.74. The maximum Gasteiger partial charge on any atom is 0.117 e. The maximum absolute atomic E-state index is 5.73. The zero-order valence-electron chi connectivity index (χ0n) is 9.36. The SMILES string of the molecule is CC1CCC(CN)CN1Cc1ccco1. The summed E-state index contributed by atoms with van der Waals surface area (Å²) < 4.78 is 5.38. The van der Waals surface area contributed by atoms with E-state index in [2.05, 4.69) is 11.8 Å². The van der Waals surface area contributed by atoms with Gasteiger partial charge in [-0.3, -0.25) is 4.90 Å². The van der Waals surface area contributed by atoms with E-state index in [0.717, 1.165) is 25.4 Å². The molecule has 3 heteroatoms. The van der Waals surface area contributed by atoms with Gasteiger partial charge in [-0.2, -0.15) is 0 Å². The number of nitrogens with zero attached hydrogens (tertiary/aromatic N) is 1. The summed E-state index contributed by atoms with van der Waals surface area (Å²) in [7, 11) is 0. The van der Waals surface area contributed by atoms with Crippen LogP contribution in [0.2, 0.25) is 0 Å². The molecule has 2 heterocycles. The summed E-state index contributed by atoms with van der Waals surface area (Å²) in [4.78, 5) is 2.47. The van der Waals surface area contributed by atoms with Crippen LogP contribution in [-0.4, -0.2) is 24.0 Å². The highest BCUT2D eigenvalue weighted by atomic mass is 16.3. The molecule has 2 atom stereocenters. The highest BCUT2D eigenvalue weighted by molar-refractivity contribution is 4.98. The number of furan rings is 1. The first-order valence-electron chi connectivity index (χ1n) is 5.76. The van der Waals surface area contributed by atoms with E-state index in [-0.39, 0.29) is 0 Å². The molecule has 0 aliphatic carbocycles. The Morgan fingerprint density at radius 2 is 2.40 bits per heavy atom. The van der Waals surface area contributed by atoms with Crippen LogP contribution >= 0.6 is 0 Å². The molecular weight excluding hydrogens is 188 g/mol. The summed E-state index contributed by atoms with van der Waals surface area (Å²) in [5.41, 5.74) is 5.73. The minimum absolute atomic E-state index is 0.651. The Balaban J connectivity index is 1.94. The standard InChI is InChI=1S/C12H20N2O/c1-10-4-5-11(7-13)8-14(10)9-12-3-2-6-15-12/h2-3,6,10-11H,4-5,7-9,13H2,1H3. The van der Waals surface area contributed by atoms with Gasteiger partial charge in [0.1, 0.15) is 5.76 Å². The van der Waals surface area contributed by atoms with Crippen molar-refractivity contribution in [2.24, 2.45) is 11.7 Å². The topological polar surface area (TPSA) is 42.4 Å². The second-order valence-electron chi connectivity index (χ2n) is 4.54. The van der Waals surface area contributed by atoms with Crippen molar-refractivity contribution in [1.82, 2.24) is 4.90 Å². The van der Waals surface area contributed by atoms with E-state index in [1.807, 2.05) is 12.1 Å². The summed E-state index contributed by atoms with van der Waals surface area (Å²) in [6, 6.07) is 4.64. The molecule has 0 amide bonds. The molecule has 0 bridgehead atoms. The van der Waals surface area contributed by atoms with Crippen LogP contribution in [0.3, 0.4) is 0 Å². The van der Waals surface area contributed by atoms with Gasteiger partial charge in [-0.25, -0.2) is 0 Å². The van der Waals surface area contributed by atoms with Gasteiger partial charge in [0.15, 0.2) is 0 Å². The van der Waals surface area contributed by atoms with Crippen LogP contribution in [0.25, 0.3) is 0 Å². The van der Waals surface area contributed by atoms with Crippen LogP contribution in [0.1, 0.15) is 25.5 Å². The maximum atomic E-state index is 5.73. The van der Waals surface area contributed by atoms with Gasteiger partial charge in [0.25, 0.3) is 0 Å². The summed E-state index contributed by atoms with van der Waals surface area (Å²) >= 11 is 0. The van der Waals surface area contributed by atoms with Crippen molar-refractivity contribution < 1.29 is 4.42 Å². The van der Waals surface area contributed by atoms with E-state index < -0.39 is 0 Å². The Labute approximate surface area is 91.2 Å². The highest BCUT2D eigenvalue weighted by Gasteiger charge is 2.24. The molecule has 1 aromatic rings. The van der Waals surface area contributed by atoms with Crippen LogP contribution in [0.4, 0.5) is 0 Å². The van der Waals surface area contributed by atoms with Gasteiger partial charge in [-0.15, -0.1) is 0 Å². The largest absolute Gasteiger partial charge is 0.468 e. The van der Waals surface area contributed by atoms with Crippen molar-refractivity contribution >= 4 is 0 Å². The molecule has 0 spiro atoms. The lowest BCUT2D eigenvalue weighted by atomic mass is 9.93. The first kappa shape index (κ1) is 10.7. The molecule has 1 aliphatic rings. The summed E-state index contributed by atoms with van der Waals surface area (Å²) in [5, 5.41) is 0. The van der Waals surface area contributed by atoms with E-state index in [9.17, 15) is 0 Å². The van der Waals surface area contributed by atoms with Gasteiger partial charge >= 0.3 is 0 Å². The quantitative estimate of drug-likeness (QED) is 0.824. The van der Waals surface area contributed by atoms with Crippen LogP contribution in [0.15, 0.2) is 22.8 Å². The Hall–Kier alpha value is -0.800. The van der Waals surface area contributed by atoms with Gasteiger partial charge in [-0.05, 0) is 44.4 Å². The molecule has 1 fully saturated rings. The lowest BCUT2D eigenvalue weighted by Crippen LogP contribution is -2.43. The van der Waals surface area contributed by atoms with Gasteiger partial charge in [0, 0.05) is 12.6 Å². The molecule has 1 aromatic heterocycles. The van der Waals surface area contributed by atoms with E-state index in [4.69, 9.17) is 10.2 Å². The number of likely N-dealkylation sites (tertiary alicyclic amines) is 1. The lowest BCUT2D eigenvalue weighted by molar-refractivity contribution is 0.105. The molecule has 2 N–H and O–H groups in total. The van der Waals surface area contributed by atoms with E-state index >= 15 is 0 Å². The van der Waals surface area contributed by atoms with Gasteiger partial charge < -0.3 is 10.2 Å². The fourth-order valence-electron chi connectivity index (χ4n) is 2.28. The smallest absolute Gasteiger partial charge is 0.117 e. The molecule has 3 nitrogen and oxygen atoms in total. The number of rotatable bonds is 3. The molecule has 0 aromatic carbocycles. The Morgan fingerprint density at radius 3 is 3.07 bits per heavy atom. The minimum Gasteiger partial charge on any atom is -0.468 e. The van der Waals surface area contributed by atoms with Crippen molar-refractivity contribution in [3.8, 4) is 0 Å². The van der Waals surface area contributed by atoms with Crippen LogP contribution < -0.4 is 5.73 Å². The predicted molar refractivity (Wildman–Crippen MR) is 60.4 cm³/mol. The third-order valence-corrected chi connectivity index (χ3v) is 3.38.